The molecule has 5 heteroatoms. The molecule has 0 bridgehead atoms. The second-order valence-electron chi connectivity index (χ2n) is 3.84. The third kappa shape index (κ3) is 4.29. The number of rotatable bonds is 4. The van der Waals surface area contributed by atoms with Crippen LogP contribution in [0, 0.1) is 0 Å². The Morgan fingerprint density at radius 2 is 2.06 bits per heavy atom. The van der Waals surface area contributed by atoms with Crippen LogP contribution >= 0.6 is 0 Å². The molecule has 0 heterocycles. The van der Waals surface area contributed by atoms with Gasteiger partial charge in [-0.05, 0) is 12.1 Å². The monoisotopic (exact) mass is 248 g/mol. The van der Waals surface area contributed by atoms with Crippen molar-refractivity contribution in [3.05, 3.63) is 42.1 Å². The van der Waals surface area contributed by atoms with E-state index < -0.39 is 6.09 Å². The summed E-state index contributed by atoms with van der Waals surface area (Å²) in [6.07, 6.45) is 2.57. The zero-order valence-corrected chi connectivity index (χ0v) is 10.6. The molecule has 18 heavy (non-hydrogen) atoms. The van der Waals surface area contributed by atoms with E-state index >= 15 is 0 Å². The van der Waals surface area contributed by atoms with Crippen molar-refractivity contribution in [1.29, 1.82) is 0 Å². The molecule has 1 aromatic rings. The van der Waals surface area contributed by atoms with Gasteiger partial charge < -0.3 is 9.64 Å². The standard InChI is InChI=1S/C13H16N2O3/c1-15(2)8-7-12(16)10-5-4-6-11(9-10)14-13(17)18-3/h4-9H,1-3H3,(H,14,17)/b8-7+. The van der Waals surface area contributed by atoms with Gasteiger partial charge in [0.05, 0.1) is 7.11 Å². The first-order valence-corrected chi connectivity index (χ1v) is 5.37. The maximum Gasteiger partial charge on any atom is 0.411 e. The lowest BCUT2D eigenvalue weighted by atomic mass is 10.1. The van der Waals surface area contributed by atoms with Crippen molar-refractivity contribution >= 4 is 17.6 Å². The highest BCUT2D eigenvalue weighted by Gasteiger charge is 2.05. The van der Waals surface area contributed by atoms with Gasteiger partial charge in [-0.1, -0.05) is 12.1 Å². The number of benzene rings is 1. The number of nitrogens with zero attached hydrogens (tertiary/aromatic N) is 1. The topological polar surface area (TPSA) is 58.6 Å². The van der Waals surface area contributed by atoms with Gasteiger partial charge in [0.2, 0.25) is 0 Å². The number of anilines is 1. The Hall–Kier alpha value is -2.30. The number of ketones is 1. The summed E-state index contributed by atoms with van der Waals surface area (Å²) in [5.41, 5.74) is 1.02. The van der Waals surface area contributed by atoms with Crippen LogP contribution in [0.2, 0.25) is 0 Å². The highest BCUT2D eigenvalue weighted by atomic mass is 16.5. The summed E-state index contributed by atoms with van der Waals surface area (Å²) in [5.74, 6) is -0.128. The Bertz CT molecular complexity index is 467. The number of hydrogen-bond donors (Lipinski definition) is 1. The minimum Gasteiger partial charge on any atom is -0.453 e. The fraction of sp³-hybridized carbons (Fsp3) is 0.231. The van der Waals surface area contributed by atoms with Crippen LogP contribution in [0.3, 0.4) is 0 Å². The lowest BCUT2D eigenvalue weighted by Gasteiger charge is -2.05. The van der Waals surface area contributed by atoms with Crippen molar-refractivity contribution < 1.29 is 14.3 Å². The molecule has 1 rings (SSSR count). The molecular weight excluding hydrogens is 232 g/mol. The first kappa shape index (κ1) is 13.8. The zero-order valence-electron chi connectivity index (χ0n) is 10.6. The number of carbonyl (C=O) groups excluding carboxylic acids is 2. The van der Waals surface area contributed by atoms with Gasteiger partial charge in [-0.25, -0.2) is 4.79 Å². The van der Waals surface area contributed by atoms with Crippen LogP contribution < -0.4 is 5.32 Å². The van der Waals surface area contributed by atoms with Gasteiger partial charge in [0.1, 0.15) is 0 Å². The van der Waals surface area contributed by atoms with Crippen molar-refractivity contribution in [1.82, 2.24) is 4.90 Å². The quantitative estimate of drug-likeness (QED) is 0.655. The van der Waals surface area contributed by atoms with E-state index in [1.807, 2.05) is 14.1 Å². The van der Waals surface area contributed by atoms with Gasteiger partial charge in [0, 0.05) is 37.6 Å². The summed E-state index contributed by atoms with van der Waals surface area (Å²) in [5, 5.41) is 2.50. The molecule has 0 aliphatic rings. The van der Waals surface area contributed by atoms with Gasteiger partial charge in [-0.2, -0.15) is 0 Å². The summed E-state index contributed by atoms with van der Waals surface area (Å²) < 4.78 is 4.48. The van der Waals surface area contributed by atoms with Crippen LogP contribution in [0.1, 0.15) is 10.4 Å². The second-order valence-corrected chi connectivity index (χ2v) is 3.84. The summed E-state index contributed by atoms with van der Waals surface area (Å²) in [7, 11) is 4.95. The molecule has 1 amide bonds. The number of methoxy groups -OCH3 is 1. The number of ether oxygens (including phenoxy) is 1. The van der Waals surface area contributed by atoms with E-state index in [0.29, 0.717) is 11.3 Å². The number of carbonyl (C=O) groups is 2. The minimum absolute atomic E-state index is 0.128. The third-order valence-electron chi connectivity index (χ3n) is 2.10. The molecule has 0 aliphatic carbocycles. The zero-order chi connectivity index (χ0) is 13.5. The first-order valence-electron chi connectivity index (χ1n) is 5.37. The van der Waals surface area contributed by atoms with E-state index in [0.717, 1.165) is 0 Å². The van der Waals surface area contributed by atoms with E-state index in [4.69, 9.17) is 0 Å². The van der Waals surface area contributed by atoms with Crippen molar-refractivity contribution in [3.8, 4) is 0 Å². The molecular formula is C13H16N2O3. The number of hydrogen-bond acceptors (Lipinski definition) is 4. The smallest absolute Gasteiger partial charge is 0.411 e. The molecule has 1 N–H and O–H groups in total. The van der Waals surface area contributed by atoms with E-state index in [-0.39, 0.29) is 5.78 Å². The predicted octanol–water partition coefficient (Wildman–Crippen LogP) is 2.12. The Kier molecular flexibility index (Phi) is 4.92. The minimum atomic E-state index is -0.566. The maximum atomic E-state index is 11.8. The Morgan fingerprint density at radius 1 is 1.33 bits per heavy atom. The van der Waals surface area contributed by atoms with Gasteiger partial charge in [-0.15, -0.1) is 0 Å². The fourth-order valence-electron chi connectivity index (χ4n) is 1.23. The van der Waals surface area contributed by atoms with Gasteiger partial charge in [0.25, 0.3) is 0 Å². The van der Waals surface area contributed by atoms with E-state index in [1.165, 1.54) is 13.2 Å². The van der Waals surface area contributed by atoms with Crippen molar-refractivity contribution in [2.24, 2.45) is 0 Å². The summed E-state index contributed by atoms with van der Waals surface area (Å²) >= 11 is 0. The van der Waals surface area contributed by atoms with Gasteiger partial charge in [-0.3, -0.25) is 10.1 Å². The molecule has 0 aliphatic heterocycles. The number of allylic oxidation sites excluding steroid dienone is 1. The molecule has 0 fully saturated rings. The molecule has 0 aromatic heterocycles. The van der Waals surface area contributed by atoms with E-state index in [2.05, 4.69) is 10.1 Å². The molecule has 1 aromatic carbocycles. The maximum absolute atomic E-state index is 11.8. The van der Waals surface area contributed by atoms with Crippen LogP contribution in [-0.4, -0.2) is 38.0 Å². The van der Waals surface area contributed by atoms with Crippen LogP contribution in [-0.2, 0) is 4.74 Å². The second kappa shape index (κ2) is 6.44. The SMILES string of the molecule is COC(=O)Nc1cccc(C(=O)/C=C/N(C)C)c1. The number of nitrogens with one attached hydrogen (secondary N) is 1. The van der Waals surface area contributed by atoms with Gasteiger partial charge >= 0.3 is 6.09 Å². The predicted molar refractivity (Wildman–Crippen MR) is 69.6 cm³/mol. The molecule has 0 saturated heterocycles. The molecule has 0 radical (unpaired) electrons. The van der Waals surface area contributed by atoms with Crippen LogP contribution in [0.5, 0.6) is 0 Å². The molecule has 0 atom stereocenters. The normalized spacial score (nSPS) is 10.2. The molecule has 0 spiro atoms. The lowest BCUT2D eigenvalue weighted by molar-refractivity contribution is 0.104. The summed E-state index contributed by atoms with van der Waals surface area (Å²) in [6.45, 7) is 0. The third-order valence-corrected chi connectivity index (χ3v) is 2.10. The van der Waals surface area contributed by atoms with Crippen molar-refractivity contribution in [2.45, 2.75) is 0 Å². The molecule has 5 nitrogen and oxygen atoms in total. The largest absolute Gasteiger partial charge is 0.453 e. The van der Waals surface area contributed by atoms with Crippen LogP contribution in [0.25, 0.3) is 0 Å². The van der Waals surface area contributed by atoms with E-state index in [9.17, 15) is 9.59 Å². The van der Waals surface area contributed by atoms with E-state index in [1.54, 1.807) is 35.4 Å². The highest BCUT2D eigenvalue weighted by Crippen LogP contribution is 2.12. The Morgan fingerprint density at radius 3 is 2.67 bits per heavy atom. The summed E-state index contributed by atoms with van der Waals surface area (Å²) in [6, 6.07) is 6.66. The fourth-order valence-corrected chi connectivity index (χ4v) is 1.23. The molecule has 0 saturated carbocycles. The molecule has 96 valence electrons. The van der Waals surface area contributed by atoms with Gasteiger partial charge in [0.15, 0.2) is 5.78 Å². The highest BCUT2D eigenvalue weighted by molar-refractivity contribution is 6.05. The lowest BCUT2D eigenvalue weighted by Crippen LogP contribution is -2.11. The molecule has 0 unspecified atom stereocenters. The average Bonchev–Trinajstić information content (AvgIpc) is 2.36. The Balaban J connectivity index is 2.81. The summed E-state index contributed by atoms with van der Waals surface area (Å²) in [4.78, 5) is 24.6. The van der Waals surface area contributed by atoms with Crippen molar-refractivity contribution in [3.63, 3.8) is 0 Å². The van der Waals surface area contributed by atoms with Crippen LogP contribution in [0.15, 0.2) is 36.5 Å². The Labute approximate surface area is 106 Å². The average molecular weight is 248 g/mol. The first-order chi connectivity index (χ1) is 8.52. The van der Waals surface area contributed by atoms with Crippen molar-refractivity contribution in [2.75, 3.05) is 26.5 Å². The number of amides is 1. The van der Waals surface area contributed by atoms with Crippen LogP contribution in [0.4, 0.5) is 10.5 Å².